The molecular formula is C14H23F3IN5S. The van der Waals surface area contributed by atoms with Crippen LogP contribution in [0, 0.1) is 6.92 Å². The summed E-state index contributed by atoms with van der Waals surface area (Å²) < 4.78 is 37.3. The number of aryl methyl sites for hydroxylation is 1. The Kier molecular flexibility index (Phi) is 8.20. The number of alkyl halides is 3. The van der Waals surface area contributed by atoms with Crippen molar-refractivity contribution in [2.75, 3.05) is 33.7 Å². The van der Waals surface area contributed by atoms with Gasteiger partial charge in [0.15, 0.2) is 5.96 Å². The van der Waals surface area contributed by atoms with E-state index in [1.165, 1.54) is 4.90 Å². The Morgan fingerprint density at radius 1 is 1.54 bits per heavy atom. The lowest BCUT2D eigenvalue weighted by molar-refractivity contribution is -0.143. The summed E-state index contributed by atoms with van der Waals surface area (Å²) >= 11 is 1.59. The Morgan fingerprint density at radius 3 is 2.79 bits per heavy atom. The van der Waals surface area contributed by atoms with E-state index in [0.717, 1.165) is 10.7 Å². The molecule has 0 amide bonds. The third kappa shape index (κ3) is 6.71. The lowest BCUT2D eigenvalue weighted by Crippen LogP contribution is -2.45. The minimum atomic E-state index is -4.14. The van der Waals surface area contributed by atoms with Crippen molar-refractivity contribution >= 4 is 41.3 Å². The van der Waals surface area contributed by atoms with E-state index in [0.29, 0.717) is 32.0 Å². The first-order valence-electron chi connectivity index (χ1n) is 7.41. The zero-order chi connectivity index (χ0) is 17.0. The molecule has 2 heterocycles. The highest BCUT2D eigenvalue weighted by molar-refractivity contribution is 14.0. The minimum Gasteiger partial charge on any atom is -0.352 e. The monoisotopic (exact) mass is 477 g/mol. The Bertz CT molecular complexity index is 549. The molecule has 0 spiro atoms. The number of halogens is 4. The molecule has 0 saturated carbocycles. The van der Waals surface area contributed by atoms with Crippen LogP contribution in [0.2, 0.25) is 0 Å². The molecule has 1 atom stereocenters. The first-order valence-corrected chi connectivity index (χ1v) is 8.29. The Balaban J connectivity index is 0.00000288. The van der Waals surface area contributed by atoms with Crippen molar-refractivity contribution in [3.8, 4) is 0 Å². The van der Waals surface area contributed by atoms with Gasteiger partial charge in [-0.15, -0.1) is 35.3 Å². The SMILES string of the molecule is CN=C(NC1CCN(CC(F)(F)F)C1)N(C)Cc1csc(C)n1.I. The van der Waals surface area contributed by atoms with E-state index >= 15 is 0 Å². The van der Waals surface area contributed by atoms with E-state index in [4.69, 9.17) is 0 Å². The maximum absolute atomic E-state index is 12.4. The summed E-state index contributed by atoms with van der Waals surface area (Å²) in [5.41, 5.74) is 0.961. The molecule has 1 N–H and O–H groups in total. The fourth-order valence-electron chi connectivity index (χ4n) is 2.67. The minimum absolute atomic E-state index is 0. The van der Waals surface area contributed by atoms with Crippen LogP contribution in [0.25, 0.3) is 0 Å². The summed E-state index contributed by atoms with van der Waals surface area (Å²) in [5, 5.41) is 6.26. The van der Waals surface area contributed by atoms with E-state index in [1.807, 2.05) is 24.3 Å². The van der Waals surface area contributed by atoms with Gasteiger partial charge in [-0.05, 0) is 13.3 Å². The summed E-state index contributed by atoms with van der Waals surface area (Å²) in [4.78, 5) is 12.0. The average Bonchev–Trinajstić information content (AvgIpc) is 3.03. The fraction of sp³-hybridized carbons (Fsp3) is 0.714. The van der Waals surface area contributed by atoms with Gasteiger partial charge >= 0.3 is 6.18 Å². The van der Waals surface area contributed by atoms with Gasteiger partial charge < -0.3 is 10.2 Å². The van der Waals surface area contributed by atoms with Gasteiger partial charge in [0.05, 0.1) is 23.8 Å². The van der Waals surface area contributed by atoms with Crippen LogP contribution in [-0.2, 0) is 6.54 Å². The molecule has 1 aliphatic rings. The van der Waals surface area contributed by atoms with Gasteiger partial charge in [-0.25, -0.2) is 4.98 Å². The molecule has 1 unspecified atom stereocenters. The van der Waals surface area contributed by atoms with Crippen LogP contribution in [0.15, 0.2) is 10.4 Å². The maximum atomic E-state index is 12.4. The van der Waals surface area contributed by atoms with Gasteiger partial charge in [0.1, 0.15) is 0 Å². The van der Waals surface area contributed by atoms with Gasteiger partial charge in [-0.1, -0.05) is 0 Å². The average molecular weight is 477 g/mol. The number of likely N-dealkylation sites (tertiary alicyclic amines) is 1. The lowest BCUT2D eigenvalue weighted by Gasteiger charge is -2.24. The molecule has 1 fully saturated rings. The van der Waals surface area contributed by atoms with E-state index in [-0.39, 0.29) is 30.0 Å². The van der Waals surface area contributed by atoms with E-state index < -0.39 is 12.7 Å². The van der Waals surface area contributed by atoms with Crippen molar-refractivity contribution in [1.82, 2.24) is 20.1 Å². The zero-order valence-corrected chi connectivity index (χ0v) is 17.1. The smallest absolute Gasteiger partial charge is 0.352 e. The molecule has 0 aromatic carbocycles. The van der Waals surface area contributed by atoms with Crippen molar-refractivity contribution in [2.24, 2.45) is 4.99 Å². The molecule has 10 heteroatoms. The Hall–Kier alpha value is -0.620. The third-order valence-electron chi connectivity index (χ3n) is 3.65. The standard InChI is InChI=1S/C14H22F3N5S.HI/c1-10-19-12(8-23-10)6-21(3)13(18-2)20-11-4-5-22(7-11)9-14(15,16)17;/h8,11H,4-7,9H2,1-3H3,(H,18,20);1H. The summed E-state index contributed by atoms with van der Waals surface area (Å²) in [6.07, 6.45) is -3.46. The molecule has 138 valence electrons. The number of hydrogen-bond acceptors (Lipinski definition) is 4. The second-order valence-corrected chi connectivity index (χ2v) is 6.80. The number of thiazole rings is 1. The van der Waals surface area contributed by atoms with Crippen LogP contribution < -0.4 is 5.32 Å². The Labute approximate surface area is 161 Å². The van der Waals surface area contributed by atoms with Crippen molar-refractivity contribution in [1.29, 1.82) is 0 Å². The molecule has 1 aliphatic heterocycles. The van der Waals surface area contributed by atoms with Gasteiger partial charge in [0, 0.05) is 38.6 Å². The number of guanidine groups is 1. The fourth-order valence-corrected chi connectivity index (χ4v) is 3.28. The molecule has 0 aliphatic carbocycles. The number of aliphatic imine (C=N–C) groups is 1. The highest BCUT2D eigenvalue weighted by Gasteiger charge is 2.34. The van der Waals surface area contributed by atoms with E-state index in [1.54, 1.807) is 18.4 Å². The van der Waals surface area contributed by atoms with E-state index in [9.17, 15) is 13.2 Å². The molecule has 0 bridgehead atoms. The van der Waals surface area contributed by atoms with Crippen molar-refractivity contribution in [3.05, 3.63) is 16.1 Å². The van der Waals surface area contributed by atoms with Gasteiger partial charge in [-0.2, -0.15) is 13.2 Å². The zero-order valence-electron chi connectivity index (χ0n) is 13.9. The Morgan fingerprint density at radius 2 is 2.25 bits per heavy atom. The van der Waals surface area contributed by atoms with Crippen LogP contribution >= 0.6 is 35.3 Å². The molecule has 1 aromatic heterocycles. The summed E-state index contributed by atoms with van der Waals surface area (Å²) in [7, 11) is 3.57. The van der Waals surface area contributed by atoms with Gasteiger partial charge in [0.25, 0.3) is 0 Å². The first-order chi connectivity index (χ1) is 10.8. The van der Waals surface area contributed by atoms with Crippen LogP contribution in [0.3, 0.4) is 0 Å². The van der Waals surface area contributed by atoms with Crippen LogP contribution in [0.1, 0.15) is 17.1 Å². The molecule has 0 radical (unpaired) electrons. The number of aromatic nitrogens is 1. The van der Waals surface area contributed by atoms with Gasteiger partial charge in [0.2, 0.25) is 0 Å². The normalized spacial score (nSPS) is 19.2. The lowest BCUT2D eigenvalue weighted by atomic mass is 10.3. The molecule has 2 rings (SSSR count). The van der Waals surface area contributed by atoms with Crippen molar-refractivity contribution in [3.63, 3.8) is 0 Å². The predicted octanol–water partition coefficient (Wildman–Crippen LogP) is 2.71. The maximum Gasteiger partial charge on any atom is 0.401 e. The van der Waals surface area contributed by atoms with Crippen molar-refractivity contribution < 1.29 is 13.2 Å². The second kappa shape index (κ2) is 9.18. The quantitative estimate of drug-likeness (QED) is 0.412. The highest BCUT2D eigenvalue weighted by Crippen LogP contribution is 2.20. The van der Waals surface area contributed by atoms with Gasteiger partial charge in [-0.3, -0.25) is 9.89 Å². The summed E-state index contributed by atoms with van der Waals surface area (Å²) in [5.74, 6) is 0.675. The van der Waals surface area contributed by atoms with Crippen LogP contribution in [0.4, 0.5) is 13.2 Å². The van der Waals surface area contributed by atoms with Crippen LogP contribution in [0.5, 0.6) is 0 Å². The van der Waals surface area contributed by atoms with E-state index in [2.05, 4.69) is 15.3 Å². The molecule has 1 saturated heterocycles. The first kappa shape index (κ1) is 21.4. The highest BCUT2D eigenvalue weighted by atomic mass is 127. The topological polar surface area (TPSA) is 43.8 Å². The number of hydrogen-bond donors (Lipinski definition) is 1. The molecule has 1 aromatic rings. The summed E-state index contributed by atoms with van der Waals surface area (Å²) in [6, 6.07) is -0.0179. The molecule has 5 nitrogen and oxygen atoms in total. The predicted molar refractivity (Wildman–Crippen MR) is 101 cm³/mol. The second-order valence-electron chi connectivity index (χ2n) is 5.74. The van der Waals surface area contributed by atoms with Crippen molar-refractivity contribution in [2.45, 2.75) is 32.1 Å². The largest absolute Gasteiger partial charge is 0.401 e. The molecule has 24 heavy (non-hydrogen) atoms. The number of nitrogens with zero attached hydrogens (tertiary/aromatic N) is 4. The third-order valence-corrected chi connectivity index (χ3v) is 4.47. The van der Waals surface area contributed by atoms with Crippen LogP contribution in [-0.4, -0.2) is 66.7 Å². The number of rotatable bonds is 4. The molecular weight excluding hydrogens is 454 g/mol. The number of nitrogens with one attached hydrogen (secondary N) is 1. The summed E-state index contributed by atoms with van der Waals surface area (Å²) in [6.45, 7) is 2.54.